The fraction of sp³-hybridized carbons (Fsp3) is 0.133. The average molecular weight is 259 g/mol. The molecule has 0 fully saturated rings. The van der Waals surface area contributed by atoms with Crippen molar-refractivity contribution in [2.75, 3.05) is 5.32 Å². The third-order valence-electron chi connectivity index (χ3n) is 2.77. The smallest absolute Gasteiger partial charge is 0.255 e. The highest BCUT2D eigenvalue weighted by Gasteiger charge is 2.09. The van der Waals surface area contributed by atoms with Crippen LogP contribution in [-0.4, -0.2) is 11.0 Å². The maximum atomic E-state index is 13.2. The van der Waals surface area contributed by atoms with Crippen molar-refractivity contribution in [3.05, 3.63) is 58.9 Å². The Kier molecular flexibility index (Phi) is 3.51. The number of aryl methyl sites for hydroxylation is 2. The van der Waals surface area contributed by atoms with Crippen molar-refractivity contribution < 1.29 is 14.3 Å². The van der Waals surface area contributed by atoms with Gasteiger partial charge in [-0.05, 0) is 55.3 Å². The van der Waals surface area contributed by atoms with Crippen LogP contribution in [0.1, 0.15) is 21.5 Å². The Labute approximate surface area is 110 Å². The molecule has 0 atom stereocenters. The molecule has 0 aliphatic heterocycles. The molecule has 0 spiro atoms. The number of halogens is 1. The minimum absolute atomic E-state index is 0.0584. The number of aromatic hydroxyl groups is 1. The molecule has 0 bridgehead atoms. The summed E-state index contributed by atoms with van der Waals surface area (Å²) < 4.78 is 13.2. The number of phenols is 1. The summed E-state index contributed by atoms with van der Waals surface area (Å²) in [5.41, 5.74) is 2.13. The molecule has 0 radical (unpaired) electrons. The van der Waals surface area contributed by atoms with Gasteiger partial charge < -0.3 is 10.4 Å². The summed E-state index contributed by atoms with van der Waals surface area (Å²) in [6, 6.07) is 8.95. The Morgan fingerprint density at radius 1 is 1.16 bits per heavy atom. The van der Waals surface area contributed by atoms with Gasteiger partial charge in [0.1, 0.15) is 11.6 Å². The fourth-order valence-electron chi connectivity index (χ4n) is 1.76. The zero-order valence-corrected chi connectivity index (χ0v) is 10.7. The summed E-state index contributed by atoms with van der Waals surface area (Å²) in [5.74, 6) is -0.731. The van der Waals surface area contributed by atoms with Crippen LogP contribution in [0.4, 0.5) is 10.1 Å². The van der Waals surface area contributed by atoms with E-state index in [2.05, 4.69) is 5.32 Å². The molecule has 0 aromatic heterocycles. The van der Waals surface area contributed by atoms with Crippen LogP contribution < -0.4 is 5.32 Å². The number of carbonyl (C=O) groups is 1. The van der Waals surface area contributed by atoms with E-state index in [1.165, 1.54) is 18.2 Å². The van der Waals surface area contributed by atoms with Crippen molar-refractivity contribution >= 4 is 11.6 Å². The van der Waals surface area contributed by atoms with E-state index < -0.39 is 5.82 Å². The van der Waals surface area contributed by atoms with E-state index in [1.54, 1.807) is 32.0 Å². The van der Waals surface area contributed by atoms with Gasteiger partial charge in [0.25, 0.3) is 5.91 Å². The van der Waals surface area contributed by atoms with Crippen molar-refractivity contribution in [1.82, 2.24) is 0 Å². The highest BCUT2D eigenvalue weighted by molar-refractivity contribution is 6.04. The van der Waals surface area contributed by atoms with Crippen LogP contribution in [0.2, 0.25) is 0 Å². The molecular formula is C15H14FNO2. The van der Waals surface area contributed by atoms with E-state index >= 15 is 0 Å². The maximum Gasteiger partial charge on any atom is 0.255 e. The lowest BCUT2D eigenvalue weighted by molar-refractivity contribution is 0.102. The Morgan fingerprint density at radius 2 is 1.89 bits per heavy atom. The topological polar surface area (TPSA) is 49.3 Å². The Balaban J connectivity index is 2.22. The van der Waals surface area contributed by atoms with Gasteiger partial charge in [-0.25, -0.2) is 4.39 Å². The monoisotopic (exact) mass is 259 g/mol. The van der Waals surface area contributed by atoms with Crippen molar-refractivity contribution in [2.24, 2.45) is 0 Å². The second-order valence-electron chi connectivity index (χ2n) is 4.47. The molecule has 2 rings (SSSR count). The van der Waals surface area contributed by atoms with E-state index in [4.69, 9.17) is 0 Å². The molecule has 0 heterocycles. The zero-order chi connectivity index (χ0) is 14.0. The Hall–Kier alpha value is -2.36. The summed E-state index contributed by atoms with van der Waals surface area (Å²) in [6.45, 7) is 3.49. The zero-order valence-electron chi connectivity index (χ0n) is 10.7. The standard InChI is InChI=1S/C15H14FNO2/c1-9-5-12(16)8-13(6-9)17-15(19)11-4-3-10(2)14(18)7-11/h3-8,18H,1-2H3,(H,17,19). The van der Waals surface area contributed by atoms with E-state index in [1.807, 2.05) is 0 Å². The number of carbonyl (C=O) groups excluding carboxylic acids is 1. The maximum absolute atomic E-state index is 13.2. The summed E-state index contributed by atoms with van der Waals surface area (Å²) >= 11 is 0. The lowest BCUT2D eigenvalue weighted by Crippen LogP contribution is -2.12. The number of benzene rings is 2. The first-order chi connectivity index (χ1) is 8.95. The van der Waals surface area contributed by atoms with Gasteiger partial charge in [-0.1, -0.05) is 6.07 Å². The minimum Gasteiger partial charge on any atom is -0.508 e. The van der Waals surface area contributed by atoms with Crippen LogP contribution in [0.15, 0.2) is 36.4 Å². The first-order valence-corrected chi connectivity index (χ1v) is 5.84. The molecule has 0 saturated carbocycles. The third kappa shape index (κ3) is 3.10. The lowest BCUT2D eigenvalue weighted by atomic mass is 10.1. The summed E-state index contributed by atoms with van der Waals surface area (Å²) in [7, 11) is 0. The predicted octanol–water partition coefficient (Wildman–Crippen LogP) is 3.40. The molecule has 2 N–H and O–H groups in total. The largest absolute Gasteiger partial charge is 0.508 e. The van der Waals surface area contributed by atoms with Gasteiger partial charge in [-0.15, -0.1) is 0 Å². The van der Waals surface area contributed by atoms with Gasteiger partial charge in [-0.3, -0.25) is 4.79 Å². The first kappa shape index (κ1) is 13.1. The van der Waals surface area contributed by atoms with Gasteiger partial charge >= 0.3 is 0 Å². The molecule has 2 aromatic carbocycles. The molecule has 0 saturated heterocycles. The molecule has 3 nitrogen and oxygen atoms in total. The van der Waals surface area contributed by atoms with E-state index in [0.717, 1.165) is 5.56 Å². The molecule has 0 aliphatic carbocycles. The minimum atomic E-state index is -0.401. The molecule has 0 aliphatic rings. The third-order valence-corrected chi connectivity index (χ3v) is 2.77. The van der Waals surface area contributed by atoms with Gasteiger partial charge in [0.15, 0.2) is 0 Å². The SMILES string of the molecule is Cc1cc(F)cc(NC(=O)c2ccc(C)c(O)c2)c1. The highest BCUT2D eigenvalue weighted by atomic mass is 19.1. The van der Waals surface area contributed by atoms with Crippen LogP contribution in [0.5, 0.6) is 5.75 Å². The van der Waals surface area contributed by atoms with Crippen molar-refractivity contribution in [3.8, 4) is 5.75 Å². The van der Waals surface area contributed by atoms with Crippen LogP contribution >= 0.6 is 0 Å². The van der Waals surface area contributed by atoms with Crippen LogP contribution in [0.25, 0.3) is 0 Å². The van der Waals surface area contributed by atoms with Gasteiger partial charge in [0.2, 0.25) is 0 Å². The van der Waals surface area contributed by atoms with Crippen LogP contribution in [0, 0.1) is 19.7 Å². The number of anilines is 1. The van der Waals surface area contributed by atoms with E-state index in [-0.39, 0.29) is 11.7 Å². The number of hydrogen-bond donors (Lipinski definition) is 2. The van der Waals surface area contributed by atoms with E-state index in [0.29, 0.717) is 16.8 Å². The summed E-state index contributed by atoms with van der Waals surface area (Å²) in [4.78, 5) is 12.0. The number of rotatable bonds is 2. The summed E-state index contributed by atoms with van der Waals surface area (Å²) in [6.07, 6.45) is 0. The fourth-order valence-corrected chi connectivity index (χ4v) is 1.76. The second-order valence-corrected chi connectivity index (χ2v) is 4.47. The number of amides is 1. The molecule has 1 amide bonds. The summed E-state index contributed by atoms with van der Waals surface area (Å²) in [5, 5.41) is 12.2. The highest BCUT2D eigenvalue weighted by Crippen LogP contribution is 2.19. The Bertz CT molecular complexity index is 618. The van der Waals surface area contributed by atoms with Gasteiger partial charge in [0.05, 0.1) is 0 Å². The van der Waals surface area contributed by atoms with Crippen molar-refractivity contribution in [3.63, 3.8) is 0 Å². The number of phenolic OH excluding ortho intramolecular Hbond substituents is 1. The molecule has 0 unspecified atom stereocenters. The van der Waals surface area contributed by atoms with Gasteiger partial charge in [0, 0.05) is 11.3 Å². The molecule has 98 valence electrons. The molecular weight excluding hydrogens is 245 g/mol. The lowest BCUT2D eigenvalue weighted by Gasteiger charge is -2.07. The molecule has 19 heavy (non-hydrogen) atoms. The average Bonchev–Trinajstić information content (AvgIpc) is 2.31. The van der Waals surface area contributed by atoms with Crippen molar-refractivity contribution in [2.45, 2.75) is 13.8 Å². The van der Waals surface area contributed by atoms with Crippen molar-refractivity contribution in [1.29, 1.82) is 0 Å². The molecule has 2 aromatic rings. The number of hydrogen-bond acceptors (Lipinski definition) is 2. The van der Waals surface area contributed by atoms with E-state index in [9.17, 15) is 14.3 Å². The normalized spacial score (nSPS) is 10.3. The van der Waals surface area contributed by atoms with Crippen LogP contribution in [-0.2, 0) is 0 Å². The quantitative estimate of drug-likeness (QED) is 0.868. The Morgan fingerprint density at radius 3 is 2.53 bits per heavy atom. The van der Waals surface area contributed by atoms with Gasteiger partial charge in [-0.2, -0.15) is 0 Å². The predicted molar refractivity (Wildman–Crippen MR) is 71.9 cm³/mol. The number of nitrogens with one attached hydrogen (secondary N) is 1. The van der Waals surface area contributed by atoms with Crippen LogP contribution in [0.3, 0.4) is 0 Å². The second kappa shape index (κ2) is 5.10. The first-order valence-electron chi connectivity index (χ1n) is 5.84. The molecule has 4 heteroatoms.